The van der Waals surface area contributed by atoms with E-state index in [-0.39, 0.29) is 5.91 Å². The maximum Gasteiger partial charge on any atom is 0.262 e. The summed E-state index contributed by atoms with van der Waals surface area (Å²) in [5.74, 6) is 0.737. The van der Waals surface area contributed by atoms with Gasteiger partial charge in [0.2, 0.25) is 0 Å². The largest absolute Gasteiger partial charge is 0.481 e. The highest BCUT2D eigenvalue weighted by molar-refractivity contribution is 5.80. The molecule has 0 radical (unpaired) electrons. The molecule has 0 aromatic heterocycles. The number of ether oxygens (including phenoxy) is 1. The number of rotatable bonds is 7. The minimum absolute atomic E-state index is 0.0311. The maximum atomic E-state index is 11.8. The molecule has 0 saturated heterocycles. The lowest BCUT2D eigenvalue weighted by Gasteiger charge is -2.20. The van der Waals surface area contributed by atoms with Crippen LogP contribution in [0.5, 0.6) is 5.75 Å². The van der Waals surface area contributed by atoms with Crippen LogP contribution in [0.1, 0.15) is 44.4 Å². The Morgan fingerprint density at radius 1 is 1.33 bits per heavy atom. The number of carbonyl (C=O) groups excluding carboxylic acids is 1. The zero-order valence-electron chi connectivity index (χ0n) is 14.1. The first-order chi connectivity index (χ1) is 9.86. The Kier molecular flexibility index (Phi) is 6.69. The van der Waals surface area contributed by atoms with Crippen molar-refractivity contribution in [2.24, 2.45) is 0 Å². The molecule has 4 nitrogen and oxygen atoms in total. The predicted molar refractivity (Wildman–Crippen MR) is 86.7 cm³/mol. The monoisotopic (exact) mass is 292 g/mol. The Balaban J connectivity index is 2.76. The van der Waals surface area contributed by atoms with E-state index in [0.29, 0.717) is 6.04 Å². The SMILES string of the molecule is CCCNC(C)c1ccc(OC(C)C(=O)N(C)C)c(C)c1. The number of likely N-dealkylation sites (N-methyl/N-ethyl adjacent to an activating group) is 1. The third-order valence-corrected chi connectivity index (χ3v) is 3.49. The number of nitrogens with zero attached hydrogens (tertiary/aromatic N) is 1. The molecular weight excluding hydrogens is 264 g/mol. The fourth-order valence-corrected chi connectivity index (χ4v) is 2.16. The minimum atomic E-state index is -0.472. The van der Waals surface area contributed by atoms with E-state index < -0.39 is 6.10 Å². The number of benzene rings is 1. The zero-order chi connectivity index (χ0) is 16.0. The number of amides is 1. The van der Waals surface area contributed by atoms with Crippen LogP contribution in [-0.4, -0.2) is 37.6 Å². The van der Waals surface area contributed by atoms with Crippen LogP contribution in [0.3, 0.4) is 0 Å². The molecule has 4 heteroatoms. The average Bonchev–Trinajstić information content (AvgIpc) is 2.45. The van der Waals surface area contributed by atoms with Crippen molar-refractivity contribution in [2.75, 3.05) is 20.6 Å². The van der Waals surface area contributed by atoms with Crippen molar-refractivity contribution < 1.29 is 9.53 Å². The van der Waals surface area contributed by atoms with Crippen LogP contribution >= 0.6 is 0 Å². The van der Waals surface area contributed by atoms with Crippen LogP contribution in [0, 0.1) is 6.92 Å². The van der Waals surface area contributed by atoms with Gasteiger partial charge in [0.15, 0.2) is 6.10 Å². The van der Waals surface area contributed by atoms with E-state index >= 15 is 0 Å². The molecule has 0 aliphatic heterocycles. The van der Waals surface area contributed by atoms with Gasteiger partial charge >= 0.3 is 0 Å². The summed E-state index contributed by atoms with van der Waals surface area (Å²) in [4.78, 5) is 13.4. The van der Waals surface area contributed by atoms with Gasteiger partial charge in [-0.15, -0.1) is 0 Å². The predicted octanol–water partition coefficient (Wildman–Crippen LogP) is 2.91. The van der Waals surface area contributed by atoms with Gasteiger partial charge in [-0.1, -0.05) is 19.1 Å². The van der Waals surface area contributed by atoms with Crippen LogP contribution in [0.2, 0.25) is 0 Å². The molecule has 0 spiro atoms. The molecule has 1 aromatic rings. The van der Waals surface area contributed by atoms with E-state index in [1.54, 1.807) is 25.9 Å². The lowest BCUT2D eigenvalue weighted by Crippen LogP contribution is -2.35. The Hall–Kier alpha value is -1.55. The van der Waals surface area contributed by atoms with Crippen LogP contribution < -0.4 is 10.1 Å². The molecule has 1 aromatic carbocycles. The second kappa shape index (κ2) is 8.03. The minimum Gasteiger partial charge on any atom is -0.481 e. The van der Waals surface area contributed by atoms with Crippen molar-refractivity contribution in [3.8, 4) is 5.75 Å². The zero-order valence-corrected chi connectivity index (χ0v) is 14.1. The number of nitrogens with one attached hydrogen (secondary N) is 1. The van der Waals surface area contributed by atoms with Crippen LogP contribution in [0.15, 0.2) is 18.2 Å². The molecule has 21 heavy (non-hydrogen) atoms. The molecule has 0 saturated carbocycles. The quantitative estimate of drug-likeness (QED) is 0.840. The molecule has 1 rings (SSSR count). The van der Waals surface area contributed by atoms with E-state index in [4.69, 9.17) is 4.74 Å². The van der Waals surface area contributed by atoms with E-state index in [1.807, 2.05) is 13.0 Å². The van der Waals surface area contributed by atoms with E-state index in [1.165, 1.54) is 5.56 Å². The van der Waals surface area contributed by atoms with Gasteiger partial charge in [0, 0.05) is 20.1 Å². The lowest BCUT2D eigenvalue weighted by atomic mass is 10.0. The summed E-state index contributed by atoms with van der Waals surface area (Å²) in [7, 11) is 3.47. The molecule has 0 aliphatic carbocycles. The molecular formula is C17H28N2O2. The Morgan fingerprint density at radius 3 is 2.52 bits per heavy atom. The summed E-state index contributed by atoms with van der Waals surface area (Å²) in [5.41, 5.74) is 2.29. The highest BCUT2D eigenvalue weighted by Crippen LogP contribution is 2.24. The van der Waals surface area contributed by atoms with Crippen molar-refractivity contribution in [3.63, 3.8) is 0 Å². The molecule has 2 unspecified atom stereocenters. The molecule has 1 N–H and O–H groups in total. The molecule has 0 aliphatic rings. The summed E-state index contributed by atoms with van der Waals surface area (Å²) < 4.78 is 5.77. The molecule has 2 atom stereocenters. The molecule has 0 heterocycles. The maximum absolute atomic E-state index is 11.8. The van der Waals surface area contributed by atoms with E-state index in [2.05, 4.69) is 31.3 Å². The van der Waals surface area contributed by atoms with Crippen molar-refractivity contribution >= 4 is 5.91 Å². The van der Waals surface area contributed by atoms with Gasteiger partial charge in [-0.25, -0.2) is 0 Å². The average molecular weight is 292 g/mol. The Bertz CT molecular complexity index is 472. The Morgan fingerprint density at radius 2 is 2.00 bits per heavy atom. The van der Waals surface area contributed by atoms with Crippen LogP contribution in [0.25, 0.3) is 0 Å². The van der Waals surface area contributed by atoms with Crippen LogP contribution in [-0.2, 0) is 4.79 Å². The first kappa shape index (κ1) is 17.5. The van der Waals surface area contributed by atoms with Crippen LogP contribution in [0.4, 0.5) is 0 Å². The lowest BCUT2D eigenvalue weighted by molar-refractivity contribution is -0.135. The summed E-state index contributed by atoms with van der Waals surface area (Å²) in [6, 6.07) is 6.45. The standard InChI is InChI=1S/C17H28N2O2/c1-7-10-18-13(3)15-8-9-16(12(2)11-15)21-14(4)17(20)19(5)6/h8-9,11,13-14,18H,7,10H2,1-6H3. The Labute approximate surface area is 128 Å². The first-order valence-electron chi connectivity index (χ1n) is 7.58. The third-order valence-electron chi connectivity index (χ3n) is 3.49. The van der Waals surface area contributed by atoms with Gasteiger partial charge in [-0.3, -0.25) is 4.79 Å². The van der Waals surface area contributed by atoms with Gasteiger partial charge in [-0.05, 0) is 50.9 Å². The van der Waals surface area contributed by atoms with Gasteiger partial charge in [0.25, 0.3) is 5.91 Å². The van der Waals surface area contributed by atoms with Crippen molar-refractivity contribution in [3.05, 3.63) is 29.3 Å². The van der Waals surface area contributed by atoms with E-state index in [0.717, 1.165) is 24.3 Å². The topological polar surface area (TPSA) is 41.6 Å². The fraction of sp³-hybridized carbons (Fsp3) is 0.588. The van der Waals surface area contributed by atoms with Gasteiger partial charge < -0.3 is 15.0 Å². The highest BCUT2D eigenvalue weighted by Gasteiger charge is 2.17. The number of carbonyl (C=O) groups is 1. The second-order valence-electron chi connectivity index (χ2n) is 5.69. The highest BCUT2D eigenvalue weighted by atomic mass is 16.5. The van der Waals surface area contributed by atoms with Crippen molar-refractivity contribution in [1.29, 1.82) is 0 Å². The molecule has 0 fully saturated rings. The first-order valence-corrected chi connectivity index (χ1v) is 7.58. The van der Waals surface area contributed by atoms with Gasteiger partial charge in [0.05, 0.1) is 0 Å². The summed E-state index contributed by atoms with van der Waals surface area (Å²) in [5, 5.41) is 3.47. The molecule has 118 valence electrons. The normalized spacial score (nSPS) is 13.6. The number of aryl methyl sites for hydroxylation is 1. The van der Waals surface area contributed by atoms with Crippen molar-refractivity contribution in [1.82, 2.24) is 10.2 Å². The summed E-state index contributed by atoms with van der Waals surface area (Å²) >= 11 is 0. The number of hydrogen-bond acceptors (Lipinski definition) is 3. The fourth-order valence-electron chi connectivity index (χ4n) is 2.16. The van der Waals surface area contributed by atoms with E-state index in [9.17, 15) is 4.79 Å². The molecule has 1 amide bonds. The van der Waals surface area contributed by atoms with Gasteiger partial charge in [0.1, 0.15) is 5.75 Å². The number of hydrogen-bond donors (Lipinski definition) is 1. The second-order valence-corrected chi connectivity index (χ2v) is 5.69. The third kappa shape index (κ3) is 5.05. The summed E-state index contributed by atoms with van der Waals surface area (Å²) in [6.07, 6.45) is 0.648. The summed E-state index contributed by atoms with van der Waals surface area (Å²) in [6.45, 7) is 9.11. The van der Waals surface area contributed by atoms with Gasteiger partial charge in [-0.2, -0.15) is 0 Å². The molecule has 0 bridgehead atoms. The van der Waals surface area contributed by atoms with Crippen molar-refractivity contribution in [2.45, 2.75) is 46.3 Å². The smallest absolute Gasteiger partial charge is 0.262 e.